The molecule has 1 aliphatic rings. The van der Waals surface area contributed by atoms with Gasteiger partial charge in [0.25, 0.3) is 0 Å². The quantitative estimate of drug-likeness (QED) is 0.445. The van der Waals surface area contributed by atoms with Gasteiger partial charge in [-0.25, -0.2) is 4.39 Å². The second-order valence-corrected chi connectivity index (χ2v) is 9.47. The maximum Gasteiger partial charge on any atom is 0.146 e. The second-order valence-electron chi connectivity index (χ2n) is 9.47. The van der Waals surface area contributed by atoms with Crippen LogP contribution in [-0.2, 0) is 11.8 Å². The molecule has 0 atom stereocenters. The fraction of sp³-hybridized carbons (Fsp3) is 0.310. The topological polar surface area (TPSA) is 6.48 Å². The molecule has 3 aromatic carbocycles. The van der Waals surface area contributed by atoms with Gasteiger partial charge in [0.05, 0.1) is 5.69 Å². The molecule has 1 aliphatic heterocycles. The Morgan fingerprint density at radius 1 is 0.906 bits per heavy atom. The average Bonchev–Trinajstić information content (AvgIpc) is 2.79. The van der Waals surface area contributed by atoms with Gasteiger partial charge in [0, 0.05) is 37.4 Å². The van der Waals surface area contributed by atoms with Crippen LogP contribution < -0.4 is 4.90 Å². The highest BCUT2D eigenvalue weighted by Crippen LogP contribution is 2.34. The van der Waals surface area contributed by atoms with Crippen LogP contribution in [0.3, 0.4) is 0 Å². The molecule has 0 unspecified atom stereocenters. The molecule has 0 bridgehead atoms. The number of nitrogens with zero attached hydrogens (tertiary/aromatic N) is 2. The Morgan fingerprint density at radius 3 is 2.25 bits per heavy atom. The predicted molar refractivity (Wildman–Crippen MR) is 134 cm³/mol. The van der Waals surface area contributed by atoms with Crippen LogP contribution in [0.2, 0.25) is 0 Å². The Hall–Kier alpha value is -3.07. The number of benzene rings is 3. The molecule has 4 rings (SSSR count). The second kappa shape index (κ2) is 9.20. The lowest BCUT2D eigenvalue weighted by atomic mass is 9.76. The van der Waals surface area contributed by atoms with E-state index in [2.05, 4.69) is 84.8 Å². The van der Waals surface area contributed by atoms with Crippen molar-refractivity contribution < 1.29 is 4.39 Å². The summed E-state index contributed by atoms with van der Waals surface area (Å²) in [5.41, 5.74) is 6.56. The van der Waals surface area contributed by atoms with Crippen molar-refractivity contribution in [3.63, 3.8) is 0 Å². The first kappa shape index (κ1) is 22.1. The fourth-order valence-electron chi connectivity index (χ4n) is 4.78. The molecule has 166 valence electrons. The molecule has 0 aliphatic carbocycles. The zero-order valence-electron chi connectivity index (χ0n) is 19.4. The molecule has 1 saturated heterocycles. The predicted octanol–water partition coefficient (Wildman–Crippen LogP) is 6.45. The van der Waals surface area contributed by atoms with Crippen LogP contribution in [-0.4, -0.2) is 31.1 Å². The molecule has 0 radical (unpaired) electrons. The molecule has 3 heteroatoms. The van der Waals surface area contributed by atoms with Gasteiger partial charge in [0.15, 0.2) is 0 Å². The summed E-state index contributed by atoms with van der Waals surface area (Å²) in [6.07, 6.45) is 0.971. The SMILES string of the molecule is C=C(c1ccccc1C(C)(C)Cc1ccccc1)N1CCN(c2ccc(C)cc2F)CC1. The van der Waals surface area contributed by atoms with Crippen LogP contribution in [0.1, 0.15) is 36.1 Å². The first-order valence-corrected chi connectivity index (χ1v) is 11.4. The minimum absolute atomic E-state index is 0.0201. The maximum absolute atomic E-state index is 14.4. The summed E-state index contributed by atoms with van der Waals surface area (Å²) < 4.78 is 14.4. The minimum Gasteiger partial charge on any atom is -0.368 e. The maximum atomic E-state index is 14.4. The Morgan fingerprint density at radius 2 is 1.56 bits per heavy atom. The minimum atomic E-state index is -0.134. The summed E-state index contributed by atoms with van der Waals surface area (Å²) in [7, 11) is 0. The van der Waals surface area contributed by atoms with Gasteiger partial charge in [-0.1, -0.05) is 81.1 Å². The van der Waals surface area contributed by atoms with Crippen molar-refractivity contribution in [2.75, 3.05) is 31.1 Å². The van der Waals surface area contributed by atoms with E-state index in [4.69, 9.17) is 0 Å². The van der Waals surface area contributed by atoms with E-state index in [0.717, 1.165) is 43.9 Å². The van der Waals surface area contributed by atoms with Crippen molar-refractivity contribution in [2.45, 2.75) is 32.6 Å². The lowest BCUT2D eigenvalue weighted by Gasteiger charge is -2.39. The van der Waals surface area contributed by atoms with Crippen LogP contribution in [0.5, 0.6) is 0 Å². The molecule has 2 nitrogen and oxygen atoms in total. The molecule has 0 spiro atoms. The van der Waals surface area contributed by atoms with E-state index >= 15 is 0 Å². The summed E-state index contributed by atoms with van der Waals surface area (Å²) >= 11 is 0. The van der Waals surface area contributed by atoms with E-state index in [1.165, 1.54) is 16.7 Å². The fourth-order valence-corrected chi connectivity index (χ4v) is 4.78. The van der Waals surface area contributed by atoms with Crippen molar-refractivity contribution in [3.8, 4) is 0 Å². The highest BCUT2D eigenvalue weighted by atomic mass is 19.1. The molecule has 3 aromatic rings. The molecule has 1 heterocycles. The van der Waals surface area contributed by atoms with Crippen molar-refractivity contribution in [3.05, 3.63) is 107 Å². The van der Waals surface area contributed by atoms with E-state index in [1.807, 2.05) is 19.1 Å². The van der Waals surface area contributed by atoms with E-state index in [0.29, 0.717) is 5.69 Å². The lowest BCUT2D eigenvalue weighted by Crippen LogP contribution is -2.45. The molecular weight excluding hydrogens is 395 g/mol. The smallest absolute Gasteiger partial charge is 0.146 e. The first-order valence-electron chi connectivity index (χ1n) is 11.4. The van der Waals surface area contributed by atoms with Gasteiger partial charge < -0.3 is 9.80 Å². The van der Waals surface area contributed by atoms with E-state index in [9.17, 15) is 4.39 Å². The van der Waals surface area contributed by atoms with Crippen LogP contribution in [0.15, 0.2) is 79.4 Å². The monoisotopic (exact) mass is 428 g/mol. The Bertz CT molecular complexity index is 1080. The highest BCUT2D eigenvalue weighted by Gasteiger charge is 2.27. The highest BCUT2D eigenvalue weighted by molar-refractivity contribution is 5.67. The van der Waals surface area contributed by atoms with Crippen molar-refractivity contribution in [1.29, 1.82) is 0 Å². The number of hydrogen-bond donors (Lipinski definition) is 0. The summed E-state index contributed by atoms with van der Waals surface area (Å²) in [5, 5.41) is 0. The largest absolute Gasteiger partial charge is 0.368 e. The summed E-state index contributed by atoms with van der Waals surface area (Å²) in [6, 6.07) is 24.8. The number of anilines is 1. The van der Waals surface area contributed by atoms with Crippen LogP contribution in [0.25, 0.3) is 5.70 Å². The Balaban J connectivity index is 1.50. The molecule has 0 saturated carbocycles. The molecule has 0 N–H and O–H groups in total. The summed E-state index contributed by atoms with van der Waals surface area (Å²) in [4.78, 5) is 4.49. The van der Waals surface area contributed by atoms with Gasteiger partial charge in [0.2, 0.25) is 0 Å². The third-order valence-electron chi connectivity index (χ3n) is 6.56. The van der Waals surface area contributed by atoms with Crippen LogP contribution in [0, 0.1) is 12.7 Å². The molecule has 0 amide bonds. The van der Waals surface area contributed by atoms with Gasteiger partial charge in [-0.15, -0.1) is 0 Å². The third kappa shape index (κ3) is 4.72. The third-order valence-corrected chi connectivity index (χ3v) is 6.56. The summed E-state index contributed by atoms with van der Waals surface area (Å²) in [6.45, 7) is 14.3. The first-order chi connectivity index (χ1) is 15.3. The molecule has 1 fully saturated rings. The number of hydrogen-bond acceptors (Lipinski definition) is 2. The van der Waals surface area contributed by atoms with Gasteiger partial charge in [-0.2, -0.15) is 0 Å². The van der Waals surface area contributed by atoms with Crippen LogP contribution in [0.4, 0.5) is 10.1 Å². The number of piperazine rings is 1. The van der Waals surface area contributed by atoms with E-state index < -0.39 is 0 Å². The summed E-state index contributed by atoms with van der Waals surface area (Å²) in [5.74, 6) is -0.134. The van der Waals surface area contributed by atoms with Gasteiger partial charge in [-0.05, 0) is 47.6 Å². The van der Waals surface area contributed by atoms with E-state index in [1.54, 1.807) is 6.07 Å². The van der Waals surface area contributed by atoms with Gasteiger partial charge >= 0.3 is 0 Å². The molecular formula is C29H33FN2. The van der Waals surface area contributed by atoms with Gasteiger partial charge in [0.1, 0.15) is 5.82 Å². The zero-order chi connectivity index (χ0) is 22.7. The van der Waals surface area contributed by atoms with E-state index in [-0.39, 0.29) is 11.2 Å². The van der Waals surface area contributed by atoms with Crippen molar-refractivity contribution in [1.82, 2.24) is 4.90 Å². The van der Waals surface area contributed by atoms with Crippen LogP contribution >= 0.6 is 0 Å². The van der Waals surface area contributed by atoms with Crippen molar-refractivity contribution in [2.24, 2.45) is 0 Å². The average molecular weight is 429 g/mol. The van der Waals surface area contributed by atoms with Crippen molar-refractivity contribution >= 4 is 11.4 Å². The molecule has 32 heavy (non-hydrogen) atoms. The number of rotatable bonds is 6. The zero-order valence-corrected chi connectivity index (χ0v) is 19.4. The Labute approximate surface area is 192 Å². The standard InChI is InChI=1S/C29H33FN2/c1-22-14-15-28(27(30)20-22)32-18-16-31(17-19-32)23(2)25-12-8-9-13-26(25)29(3,4)21-24-10-6-5-7-11-24/h5-15,20H,2,16-19,21H2,1,3-4H3. The Kier molecular flexibility index (Phi) is 6.36. The van der Waals surface area contributed by atoms with Gasteiger partial charge in [-0.3, -0.25) is 0 Å². The molecule has 0 aromatic heterocycles. The number of halogens is 1. The lowest BCUT2D eigenvalue weighted by molar-refractivity contribution is 0.365. The number of aryl methyl sites for hydroxylation is 1. The normalized spacial score (nSPS) is 14.5.